The highest BCUT2D eigenvalue weighted by atomic mass is 32.2. The summed E-state index contributed by atoms with van der Waals surface area (Å²) >= 11 is 1.35. The molecule has 0 saturated carbocycles. The van der Waals surface area contributed by atoms with E-state index in [0.29, 0.717) is 27.2 Å². The van der Waals surface area contributed by atoms with Gasteiger partial charge in [-0.2, -0.15) is 0 Å². The number of unbranched alkanes of at least 4 members (excludes halogenated alkanes) is 2. The molecule has 0 radical (unpaired) electrons. The maximum atomic E-state index is 11.9. The first-order chi connectivity index (χ1) is 10.2. The Morgan fingerprint density at radius 2 is 2.29 bits per heavy atom. The van der Waals surface area contributed by atoms with Crippen LogP contribution >= 0.6 is 11.8 Å². The van der Waals surface area contributed by atoms with Crippen LogP contribution in [-0.4, -0.2) is 49.0 Å². The van der Waals surface area contributed by atoms with E-state index in [1.807, 2.05) is 6.26 Å². The highest BCUT2D eigenvalue weighted by Crippen LogP contribution is 2.20. The number of fused-ring (bicyclic) bond motifs is 1. The Kier molecular flexibility index (Phi) is 5.34. The molecule has 2 heterocycles. The monoisotopic (exact) mass is 310 g/mol. The van der Waals surface area contributed by atoms with E-state index in [2.05, 4.69) is 32.2 Å². The Balaban J connectivity index is 2.11. The van der Waals surface area contributed by atoms with Gasteiger partial charge in [0.25, 0.3) is 0 Å². The number of thioether (sulfide) groups is 1. The number of imidazole rings is 1. The van der Waals surface area contributed by atoms with Crippen molar-refractivity contribution in [1.29, 1.82) is 0 Å². The number of hydroxylamine groups is 2. The van der Waals surface area contributed by atoms with Gasteiger partial charge < -0.3 is 4.98 Å². The SMILES string of the molecule is CCCCCN(O)C(=O)Nc1nc(SC)nc2nc[nH]c12. The lowest BCUT2D eigenvalue weighted by Gasteiger charge is -2.15. The molecule has 3 N–H and O–H groups in total. The van der Waals surface area contributed by atoms with Gasteiger partial charge >= 0.3 is 6.03 Å². The molecule has 2 aromatic rings. The average molecular weight is 310 g/mol. The number of aromatic nitrogens is 4. The minimum absolute atomic E-state index is 0.284. The van der Waals surface area contributed by atoms with Crippen molar-refractivity contribution in [2.24, 2.45) is 0 Å². The van der Waals surface area contributed by atoms with Crippen molar-refractivity contribution < 1.29 is 10.0 Å². The van der Waals surface area contributed by atoms with Crippen LogP contribution in [0.15, 0.2) is 11.5 Å². The third-order valence-corrected chi connectivity index (χ3v) is 3.43. The molecule has 0 aliphatic carbocycles. The summed E-state index contributed by atoms with van der Waals surface area (Å²) in [6.07, 6.45) is 6.05. The third-order valence-electron chi connectivity index (χ3n) is 2.88. The van der Waals surface area contributed by atoms with Crippen molar-refractivity contribution >= 4 is 34.8 Å². The largest absolute Gasteiger partial charge is 0.346 e. The lowest BCUT2D eigenvalue weighted by molar-refractivity contribution is -0.0382. The summed E-state index contributed by atoms with van der Waals surface area (Å²) in [5.41, 5.74) is 1.00. The molecule has 2 amide bonds. The molecule has 0 unspecified atom stereocenters. The molecule has 8 nitrogen and oxygen atoms in total. The lowest BCUT2D eigenvalue weighted by Crippen LogP contribution is -2.33. The van der Waals surface area contributed by atoms with Crippen LogP contribution < -0.4 is 5.32 Å². The maximum absolute atomic E-state index is 11.9. The van der Waals surface area contributed by atoms with Gasteiger partial charge in [0.05, 0.1) is 12.9 Å². The summed E-state index contributed by atoms with van der Waals surface area (Å²) in [4.78, 5) is 27.3. The maximum Gasteiger partial charge on any atom is 0.346 e. The average Bonchev–Trinajstić information content (AvgIpc) is 2.95. The second kappa shape index (κ2) is 7.23. The highest BCUT2D eigenvalue weighted by Gasteiger charge is 2.15. The third kappa shape index (κ3) is 3.82. The normalized spacial score (nSPS) is 10.8. The quantitative estimate of drug-likeness (QED) is 0.249. The van der Waals surface area contributed by atoms with Gasteiger partial charge in [-0.15, -0.1) is 0 Å². The number of carbonyl (C=O) groups is 1. The van der Waals surface area contributed by atoms with Crippen molar-refractivity contribution in [3.63, 3.8) is 0 Å². The number of urea groups is 1. The minimum atomic E-state index is -0.618. The molecule has 0 aromatic carbocycles. The Labute approximate surface area is 126 Å². The first kappa shape index (κ1) is 15.5. The number of amides is 2. The molecule has 0 spiro atoms. The number of nitrogens with zero attached hydrogens (tertiary/aromatic N) is 4. The van der Waals surface area contributed by atoms with E-state index in [9.17, 15) is 10.0 Å². The fourth-order valence-corrected chi connectivity index (χ4v) is 2.13. The van der Waals surface area contributed by atoms with Crippen LogP contribution in [-0.2, 0) is 0 Å². The molecule has 0 fully saturated rings. The van der Waals surface area contributed by atoms with E-state index >= 15 is 0 Å². The number of H-pyrrole nitrogens is 1. The van der Waals surface area contributed by atoms with Crippen LogP contribution in [0.4, 0.5) is 10.6 Å². The fraction of sp³-hybridized carbons (Fsp3) is 0.500. The van der Waals surface area contributed by atoms with Crippen LogP contribution in [0.1, 0.15) is 26.2 Å². The van der Waals surface area contributed by atoms with Crippen molar-refractivity contribution in [3.8, 4) is 0 Å². The molecule has 2 aromatic heterocycles. The molecule has 0 bridgehead atoms. The predicted octanol–water partition coefficient (Wildman–Crippen LogP) is 2.49. The van der Waals surface area contributed by atoms with Gasteiger partial charge in [0.1, 0.15) is 5.52 Å². The number of hydrogen-bond donors (Lipinski definition) is 3. The van der Waals surface area contributed by atoms with Crippen LogP contribution in [0, 0.1) is 0 Å². The van der Waals surface area contributed by atoms with Gasteiger partial charge in [0.15, 0.2) is 16.6 Å². The van der Waals surface area contributed by atoms with Gasteiger partial charge in [-0.05, 0) is 12.7 Å². The van der Waals surface area contributed by atoms with E-state index in [1.165, 1.54) is 18.1 Å². The predicted molar refractivity (Wildman–Crippen MR) is 80.5 cm³/mol. The van der Waals surface area contributed by atoms with E-state index in [-0.39, 0.29) is 6.54 Å². The number of hydrogen-bond acceptors (Lipinski definition) is 6. The summed E-state index contributed by atoms with van der Waals surface area (Å²) in [7, 11) is 0. The summed E-state index contributed by atoms with van der Waals surface area (Å²) in [6.45, 7) is 2.34. The minimum Gasteiger partial charge on any atom is -0.340 e. The Hall–Kier alpha value is -1.87. The number of anilines is 1. The number of nitrogens with one attached hydrogen (secondary N) is 2. The van der Waals surface area contributed by atoms with Gasteiger partial charge in [0, 0.05) is 0 Å². The second-order valence-corrected chi connectivity index (χ2v) is 5.19. The summed E-state index contributed by atoms with van der Waals surface area (Å²) in [5.74, 6) is 0.307. The van der Waals surface area contributed by atoms with Crippen LogP contribution in [0.3, 0.4) is 0 Å². The van der Waals surface area contributed by atoms with Crippen LogP contribution in [0.2, 0.25) is 0 Å². The van der Waals surface area contributed by atoms with Crippen molar-refractivity contribution in [2.75, 3.05) is 18.1 Å². The summed E-state index contributed by atoms with van der Waals surface area (Å²) in [5, 5.41) is 13.4. The van der Waals surface area contributed by atoms with E-state index in [4.69, 9.17) is 0 Å². The molecule has 0 aliphatic heterocycles. The van der Waals surface area contributed by atoms with Gasteiger partial charge in [-0.25, -0.2) is 24.8 Å². The zero-order valence-corrected chi connectivity index (χ0v) is 12.8. The molecule has 0 atom stereocenters. The molecule has 0 aliphatic rings. The zero-order chi connectivity index (χ0) is 15.2. The topological polar surface area (TPSA) is 107 Å². The molecule has 2 rings (SSSR count). The molecule has 21 heavy (non-hydrogen) atoms. The Bertz CT molecular complexity index is 617. The van der Waals surface area contributed by atoms with Crippen molar-refractivity contribution in [1.82, 2.24) is 25.0 Å². The standard InChI is InChI=1S/C12H18N6O2S/c1-3-4-5-6-18(20)12(19)17-10-8-9(14-7-13-8)15-11(16-10)21-2/h7,20H,3-6H2,1-2H3,(H2,13,14,15,16,17,19). The van der Waals surface area contributed by atoms with Crippen molar-refractivity contribution in [3.05, 3.63) is 6.33 Å². The second-order valence-electron chi connectivity index (χ2n) is 4.42. The molecular formula is C12H18N6O2S. The summed E-state index contributed by atoms with van der Waals surface area (Å²) < 4.78 is 0. The number of aromatic amines is 1. The first-order valence-corrected chi connectivity index (χ1v) is 7.90. The van der Waals surface area contributed by atoms with Gasteiger partial charge in [-0.3, -0.25) is 10.5 Å². The lowest BCUT2D eigenvalue weighted by atomic mass is 10.2. The van der Waals surface area contributed by atoms with E-state index in [0.717, 1.165) is 19.3 Å². The molecule has 9 heteroatoms. The molecular weight excluding hydrogens is 292 g/mol. The van der Waals surface area contributed by atoms with Gasteiger partial charge in [0.2, 0.25) is 0 Å². The number of rotatable bonds is 6. The van der Waals surface area contributed by atoms with Crippen LogP contribution in [0.25, 0.3) is 11.2 Å². The molecule has 114 valence electrons. The Morgan fingerprint density at radius 1 is 1.48 bits per heavy atom. The van der Waals surface area contributed by atoms with Crippen LogP contribution in [0.5, 0.6) is 0 Å². The highest BCUT2D eigenvalue weighted by molar-refractivity contribution is 7.98. The Morgan fingerprint density at radius 3 is 3.00 bits per heavy atom. The fourth-order valence-electron chi connectivity index (χ4n) is 1.77. The smallest absolute Gasteiger partial charge is 0.340 e. The van der Waals surface area contributed by atoms with Crippen molar-refractivity contribution in [2.45, 2.75) is 31.3 Å². The number of carbonyl (C=O) groups excluding carboxylic acids is 1. The van der Waals surface area contributed by atoms with Gasteiger partial charge in [-0.1, -0.05) is 31.5 Å². The first-order valence-electron chi connectivity index (χ1n) is 6.68. The molecule has 0 saturated heterocycles. The van der Waals surface area contributed by atoms with E-state index in [1.54, 1.807) is 0 Å². The summed E-state index contributed by atoms with van der Waals surface area (Å²) in [6, 6.07) is -0.618. The zero-order valence-electron chi connectivity index (χ0n) is 12.0. The van der Waals surface area contributed by atoms with E-state index < -0.39 is 6.03 Å².